The Labute approximate surface area is 215 Å². The van der Waals surface area contributed by atoms with Gasteiger partial charge in [-0.2, -0.15) is 0 Å². The summed E-state index contributed by atoms with van der Waals surface area (Å²) < 4.78 is 4.94. The van der Waals surface area contributed by atoms with Crippen LogP contribution < -0.4 is 4.98 Å². The van der Waals surface area contributed by atoms with Gasteiger partial charge in [-0.25, -0.2) is 0 Å². The molecule has 2 heterocycles. The van der Waals surface area contributed by atoms with E-state index in [2.05, 4.69) is 41.4 Å². The van der Waals surface area contributed by atoms with Gasteiger partial charge in [-0.05, 0) is 87.8 Å². The van der Waals surface area contributed by atoms with Gasteiger partial charge >= 0.3 is 46.9 Å². The van der Waals surface area contributed by atoms with Gasteiger partial charge < -0.3 is 9.72 Å². The Morgan fingerprint density at radius 2 is 0.862 bits per heavy atom. The summed E-state index contributed by atoms with van der Waals surface area (Å²) in [6, 6.07) is 16.5. The number of hydrogen-bond donors (Lipinski definition) is 0. The van der Waals surface area contributed by atoms with E-state index in [1.165, 1.54) is 23.6 Å². The molecule has 29 heavy (non-hydrogen) atoms. The third-order valence-corrected chi connectivity index (χ3v) is 4.28. The van der Waals surface area contributed by atoms with Crippen molar-refractivity contribution >= 4 is 21.8 Å². The number of para-hydroxylation sites is 2. The maximum atomic E-state index is 4.94. The quantitative estimate of drug-likeness (QED) is 0.360. The van der Waals surface area contributed by atoms with Crippen molar-refractivity contribution in [1.29, 1.82) is 0 Å². The van der Waals surface area contributed by atoms with Crippen LogP contribution >= 0.6 is 0 Å². The Hall–Kier alpha value is -0.281. The smallest absolute Gasteiger partial charge is 0.657 e. The zero-order chi connectivity index (χ0) is 19.3. The fourth-order valence-corrected chi connectivity index (χ4v) is 2.88. The fraction of sp³-hybridized carbons (Fsp3) is 0.154. The van der Waals surface area contributed by atoms with Crippen LogP contribution in [0.5, 0.6) is 0 Å². The summed E-state index contributed by atoms with van der Waals surface area (Å²) in [5.74, 6) is 0. The second kappa shape index (κ2) is 15.5. The van der Waals surface area contributed by atoms with Gasteiger partial charge in [0.1, 0.15) is 0 Å². The largest absolute Gasteiger partial charge is 3.00 e. The van der Waals surface area contributed by atoms with Gasteiger partial charge in [-0.3, -0.25) is 0 Å². The zero-order valence-corrected chi connectivity index (χ0v) is 18.1. The van der Waals surface area contributed by atoms with Crippen molar-refractivity contribution in [3.63, 3.8) is 0 Å². The van der Waals surface area contributed by atoms with Gasteiger partial charge in [-0.15, -0.1) is 11.0 Å². The number of nitrogens with zero attached hydrogens (tertiary/aromatic N) is 1. The molecule has 3 aromatic rings. The third-order valence-electron chi connectivity index (χ3n) is 4.28. The van der Waals surface area contributed by atoms with Crippen molar-refractivity contribution in [3.8, 4) is 0 Å². The molecule has 0 bridgehead atoms. The fourth-order valence-electron chi connectivity index (χ4n) is 2.88. The standard InChI is InChI=1S/C12H8N.2C5H5.C4H8O.Yb/c1-3-7-11-9(5-1)10-6-2-4-8-12(10)13-11;3*1-2-4-5-3-1;/h1-8H;2*1-5H;1-4H2;/q-1;;;;+3. The Balaban J connectivity index is 0.000000156. The van der Waals surface area contributed by atoms with Gasteiger partial charge in [0.2, 0.25) is 0 Å². The van der Waals surface area contributed by atoms with Crippen molar-refractivity contribution < 1.29 is 51.7 Å². The number of ether oxygens (including phenoxy) is 1. The molecule has 0 spiro atoms. The van der Waals surface area contributed by atoms with Crippen LogP contribution in [0.4, 0.5) is 0 Å². The molecule has 1 aliphatic heterocycles. The Morgan fingerprint density at radius 1 is 0.517 bits per heavy atom. The SMILES string of the molecule is C1CCOC1.[CH]1[CH][CH][CH][CH]1.[CH]1[CH][CH][CH][CH]1.[Yb+3].c1ccc2c(c1)[n-]c1ccccc12. The molecule has 2 aromatic carbocycles. The second-order valence-electron chi connectivity index (χ2n) is 6.39. The van der Waals surface area contributed by atoms with E-state index in [0.29, 0.717) is 0 Å². The summed E-state index contributed by atoms with van der Waals surface area (Å²) in [5.41, 5.74) is 2.17. The van der Waals surface area contributed by atoms with Crippen LogP contribution in [0.15, 0.2) is 48.5 Å². The molecular formula is C26H26NOYb+2. The van der Waals surface area contributed by atoms with Gasteiger partial charge in [0.15, 0.2) is 0 Å². The van der Waals surface area contributed by atoms with Gasteiger partial charge in [0.25, 0.3) is 0 Å². The normalized spacial score (nSPS) is 17.4. The van der Waals surface area contributed by atoms with Crippen molar-refractivity contribution in [2.24, 2.45) is 0 Å². The summed E-state index contributed by atoms with van der Waals surface area (Å²) in [7, 11) is 0. The molecule has 1 saturated heterocycles. The molecule has 2 nitrogen and oxygen atoms in total. The van der Waals surface area contributed by atoms with E-state index in [1.54, 1.807) is 0 Å². The van der Waals surface area contributed by atoms with Crippen molar-refractivity contribution in [2.45, 2.75) is 12.8 Å². The zero-order valence-electron chi connectivity index (χ0n) is 16.3. The van der Waals surface area contributed by atoms with E-state index < -0.39 is 0 Å². The van der Waals surface area contributed by atoms with Crippen molar-refractivity contribution in [2.75, 3.05) is 13.2 Å². The second-order valence-corrected chi connectivity index (χ2v) is 6.39. The Bertz CT molecular complexity index is 689. The first-order valence-corrected chi connectivity index (χ1v) is 9.76. The molecule has 0 N–H and O–H groups in total. The van der Waals surface area contributed by atoms with Crippen LogP contribution in [0.1, 0.15) is 12.8 Å². The molecule has 1 aromatic heterocycles. The predicted octanol–water partition coefficient (Wildman–Crippen LogP) is 5.79. The average molecular weight is 542 g/mol. The van der Waals surface area contributed by atoms with Crippen LogP contribution in [0.3, 0.4) is 0 Å². The van der Waals surface area contributed by atoms with Crippen LogP contribution in [0.2, 0.25) is 0 Å². The molecule has 3 heteroatoms. The van der Waals surface area contributed by atoms with Gasteiger partial charge in [-0.1, -0.05) is 48.5 Å². The number of fused-ring (bicyclic) bond motifs is 3. The number of hydrogen-bond acceptors (Lipinski definition) is 1. The Morgan fingerprint density at radius 3 is 1.17 bits per heavy atom. The number of aromatic nitrogens is 1. The molecule has 3 aliphatic rings. The minimum Gasteiger partial charge on any atom is -0.657 e. The molecule has 2 saturated carbocycles. The maximum absolute atomic E-state index is 4.94. The van der Waals surface area contributed by atoms with E-state index in [9.17, 15) is 0 Å². The number of rotatable bonds is 0. The van der Waals surface area contributed by atoms with Gasteiger partial charge in [0.05, 0.1) is 0 Å². The van der Waals surface area contributed by atoms with Crippen LogP contribution in [-0.2, 0) is 4.74 Å². The summed E-state index contributed by atoms with van der Waals surface area (Å²) >= 11 is 0. The van der Waals surface area contributed by atoms with E-state index >= 15 is 0 Å². The molecular weight excluding hydrogens is 515 g/mol. The van der Waals surface area contributed by atoms with Crippen LogP contribution in [0, 0.1) is 111 Å². The molecule has 6 rings (SSSR count). The summed E-state index contributed by atoms with van der Waals surface area (Å²) in [5, 5.41) is 2.50. The summed E-state index contributed by atoms with van der Waals surface area (Å²) in [4.78, 5) is 4.52. The summed E-state index contributed by atoms with van der Waals surface area (Å²) in [6.07, 6.45) is 22.6. The molecule has 0 amide bonds. The van der Waals surface area contributed by atoms with Gasteiger partial charge in [0, 0.05) is 13.2 Å². The summed E-state index contributed by atoms with van der Waals surface area (Å²) in [6.45, 7) is 2.00. The monoisotopic (exact) mass is 542 g/mol. The van der Waals surface area contributed by atoms with Crippen molar-refractivity contribution in [1.82, 2.24) is 4.98 Å². The molecule has 0 atom stereocenters. The maximum Gasteiger partial charge on any atom is 3.00 e. The van der Waals surface area contributed by atoms with Crippen molar-refractivity contribution in [3.05, 3.63) is 113 Å². The van der Waals surface area contributed by atoms with E-state index in [0.717, 1.165) is 24.2 Å². The first kappa shape index (κ1) is 25.0. The predicted molar refractivity (Wildman–Crippen MR) is 118 cm³/mol. The minimum atomic E-state index is 0. The van der Waals surface area contributed by atoms with E-state index in [1.807, 2.05) is 76.3 Å². The van der Waals surface area contributed by atoms with Crippen LogP contribution in [0.25, 0.3) is 21.8 Å². The van der Waals surface area contributed by atoms with E-state index in [4.69, 9.17) is 4.74 Å². The topological polar surface area (TPSA) is 23.3 Å². The molecule has 2 aliphatic carbocycles. The Kier molecular flexibility index (Phi) is 13.4. The first-order valence-electron chi connectivity index (χ1n) is 9.76. The molecule has 3 fully saturated rings. The van der Waals surface area contributed by atoms with E-state index in [-0.39, 0.29) is 46.9 Å². The minimum absolute atomic E-state index is 0. The molecule has 153 valence electrons. The number of benzene rings is 2. The average Bonchev–Trinajstić information content (AvgIpc) is 3.56. The van der Waals surface area contributed by atoms with Crippen LogP contribution in [-0.4, -0.2) is 13.2 Å². The molecule has 0 unspecified atom stereocenters. The molecule has 11 radical (unpaired) electrons. The third kappa shape index (κ3) is 9.17. The first-order chi connectivity index (χ1) is 13.9.